The van der Waals surface area contributed by atoms with Gasteiger partial charge in [-0.2, -0.15) is 5.10 Å². The Morgan fingerprint density at radius 3 is 2.78 bits per heavy atom. The van der Waals surface area contributed by atoms with Crippen molar-refractivity contribution in [3.8, 4) is 5.75 Å². The normalized spacial score (nSPS) is 15.1. The van der Waals surface area contributed by atoms with Crippen molar-refractivity contribution in [1.29, 1.82) is 0 Å². The Hall–Kier alpha value is -2.62. The lowest BCUT2D eigenvalue weighted by molar-refractivity contribution is 0.0954. The molecule has 2 aromatic carbocycles. The number of hydrazone groups is 1. The minimum absolute atomic E-state index is 0.170. The fourth-order valence-corrected chi connectivity index (χ4v) is 2.89. The van der Waals surface area contributed by atoms with Gasteiger partial charge in [0.1, 0.15) is 5.75 Å². The summed E-state index contributed by atoms with van der Waals surface area (Å²) in [6, 6.07) is 13.5. The van der Waals surface area contributed by atoms with Crippen LogP contribution in [0.4, 0.5) is 0 Å². The quantitative estimate of drug-likeness (QED) is 0.883. The Morgan fingerprint density at radius 2 is 2.00 bits per heavy atom. The van der Waals surface area contributed by atoms with E-state index in [1.165, 1.54) is 5.56 Å². The molecule has 4 nitrogen and oxygen atoms in total. The zero-order chi connectivity index (χ0) is 16.2. The molecular formula is C19H20N2O2. The standard InChI is InChI=1S/C19H20N2O2/c1-13-6-3-4-8-16(13)19(22)21-20-18-9-5-7-14-12-15(23-2)10-11-17(14)18/h3-4,6,8,10-12H,5,7,9H2,1-2H3,(H,21,22). The van der Waals surface area contributed by atoms with Gasteiger partial charge in [0.15, 0.2) is 0 Å². The van der Waals surface area contributed by atoms with Crippen molar-refractivity contribution >= 4 is 11.6 Å². The van der Waals surface area contributed by atoms with E-state index in [2.05, 4.69) is 10.5 Å². The second-order valence-corrected chi connectivity index (χ2v) is 5.69. The van der Waals surface area contributed by atoms with Gasteiger partial charge in [-0.3, -0.25) is 4.79 Å². The smallest absolute Gasteiger partial charge is 0.271 e. The van der Waals surface area contributed by atoms with Crippen LogP contribution in [0.15, 0.2) is 47.6 Å². The van der Waals surface area contributed by atoms with Crippen LogP contribution in [0, 0.1) is 6.92 Å². The molecule has 0 fully saturated rings. The molecule has 0 heterocycles. The number of nitrogens with one attached hydrogen (secondary N) is 1. The highest BCUT2D eigenvalue weighted by molar-refractivity contribution is 6.04. The van der Waals surface area contributed by atoms with Crippen LogP contribution in [0.3, 0.4) is 0 Å². The van der Waals surface area contributed by atoms with Crippen LogP contribution in [0.1, 0.15) is 39.9 Å². The maximum Gasteiger partial charge on any atom is 0.271 e. The van der Waals surface area contributed by atoms with Crippen LogP contribution in [0.2, 0.25) is 0 Å². The second-order valence-electron chi connectivity index (χ2n) is 5.69. The van der Waals surface area contributed by atoms with Crippen molar-refractivity contribution < 1.29 is 9.53 Å². The number of ether oxygens (including phenoxy) is 1. The highest BCUT2D eigenvalue weighted by Gasteiger charge is 2.17. The molecule has 1 aliphatic carbocycles. The predicted molar refractivity (Wildman–Crippen MR) is 91.1 cm³/mol. The molecule has 4 heteroatoms. The van der Waals surface area contributed by atoms with Crippen LogP contribution in [-0.2, 0) is 6.42 Å². The van der Waals surface area contributed by atoms with Crippen LogP contribution >= 0.6 is 0 Å². The average Bonchev–Trinajstić information content (AvgIpc) is 2.59. The first kappa shape index (κ1) is 15.3. The van der Waals surface area contributed by atoms with Crippen molar-refractivity contribution in [2.24, 2.45) is 5.10 Å². The lowest BCUT2D eigenvalue weighted by Gasteiger charge is -2.18. The number of carbonyl (C=O) groups excluding carboxylic acids is 1. The Bertz CT molecular complexity index is 766. The van der Waals surface area contributed by atoms with E-state index in [1.54, 1.807) is 7.11 Å². The molecule has 1 aliphatic rings. The van der Waals surface area contributed by atoms with Gasteiger partial charge in [0, 0.05) is 11.1 Å². The fraction of sp³-hybridized carbons (Fsp3) is 0.263. The van der Waals surface area contributed by atoms with Crippen LogP contribution in [-0.4, -0.2) is 18.7 Å². The third-order valence-electron chi connectivity index (χ3n) is 4.17. The second kappa shape index (κ2) is 6.65. The lowest BCUT2D eigenvalue weighted by Crippen LogP contribution is -2.22. The molecule has 3 rings (SSSR count). The van der Waals surface area contributed by atoms with E-state index >= 15 is 0 Å². The predicted octanol–water partition coefficient (Wildman–Crippen LogP) is 3.47. The summed E-state index contributed by atoms with van der Waals surface area (Å²) in [5, 5.41) is 4.37. The summed E-state index contributed by atoms with van der Waals surface area (Å²) in [6.45, 7) is 1.92. The summed E-state index contributed by atoms with van der Waals surface area (Å²) < 4.78 is 5.28. The van der Waals surface area contributed by atoms with Crippen molar-refractivity contribution in [2.45, 2.75) is 26.2 Å². The molecule has 0 aromatic heterocycles. The Labute approximate surface area is 136 Å². The first-order valence-corrected chi connectivity index (χ1v) is 7.79. The van der Waals surface area contributed by atoms with E-state index in [0.29, 0.717) is 5.56 Å². The average molecular weight is 308 g/mol. The number of benzene rings is 2. The third kappa shape index (κ3) is 3.26. The molecule has 0 unspecified atom stereocenters. The number of rotatable bonds is 3. The van der Waals surface area contributed by atoms with E-state index in [4.69, 9.17) is 4.74 Å². The van der Waals surface area contributed by atoms with Gasteiger partial charge in [-0.25, -0.2) is 5.43 Å². The van der Waals surface area contributed by atoms with Gasteiger partial charge in [0.05, 0.1) is 12.8 Å². The van der Waals surface area contributed by atoms with Gasteiger partial charge in [0.25, 0.3) is 5.91 Å². The number of hydrogen-bond donors (Lipinski definition) is 1. The monoisotopic (exact) mass is 308 g/mol. The van der Waals surface area contributed by atoms with Crippen LogP contribution in [0.25, 0.3) is 0 Å². The first-order chi connectivity index (χ1) is 11.2. The van der Waals surface area contributed by atoms with Gasteiger partial charge >= 0.3 is 0 Å². The molecule has 0 bridgehead atoms. The van der Waals surface area contributed by atoms with Crippen molar-refractivity contribution in [3.63, 3.8) is 0 Å². The highest BCUT2D eigenvalue weighted by Crippen LogP contribution is 2.25. The molecule has 2 aromatic rings. The number of hydrogen-bond acceptors (Lipinski definition) is 3. The Balaban J connectivity index is 1.82. The molecule has 1 N–H and O–H groups in total. The summed E-state index contributed by atoms with van der Waals surface area (Å²) in [5.41, 5.74) is 7.54. The number of methoxy groups -OCH3 is 1. The molecule has 0 aliphatic heterocycles. The number of nitrogens with zero attached hydrogens (tertiary/aromatic N) is 1. The van der Waals surface area contributed by atoms with Crippen molar-refractivity contribution in [1.82, 2.24) is 5.43 Å². The number of aryl methyl sites for hydroxylation is 2. The van der Waals surface area contributed by atoms with E-state index in [0.717, 1.165) is 41.9 Å². The molecule has 0 saturated carbocycles. The summed E-state index contributed by atoms with van der Waals surface area (Å²) in [7, 11) is 1.67. The first-order valence-electron chi connectivity index (χ1n) is 7.79. The van der Waals surface area contributed by atoms with Gasteiger partial charge in [-0.1, -0.05) is 18.2 Å². The zero-order valence-corrected chi connectivity index (χ0v) is 13.4. The minimum atomic E-state index is -0.170. The Kier molecular flexibility index (Phi) is 4.42. The topological polar surface area (TPSA) is 50.7 Å². The van der Waals surface area contributed by atoms with Crippen LogP contribution in [0.5, 0.6) is 5.75 Å². The number of fused-ring (bicyclic) bond motifs is 1. The summed E-state index contributed by atoms with van der Waals surface area (Å²) >= 11 is 0. The lowest BCUT2D eigenvalue weighted by atomic mass is 9.90. The molecule has 1 amide bonds. The van der Waals surface area contributed by atoms with Crippen molar-refractivity contribution in [2.75, 3.05) is 7.11 Å². The Morgan fingerprint density at radius 1 is 1.17 bits per heavy atom. The maximum absolute atomic E-state index is 12.3. The van der Waals surface area contributed by atoms with Gasteiger partial charge in [-0.05, 0) is 61.6 Å². The van der Waals surface area contributed by atoms with Gasteiger partial charge in [-0.15, -0.1) is 0 Å². The SMILES string of the molecule is COc1ccc2c(c1)CCCC2=NNC(=O)c1ccccc1C. The van der Waals surface area contributed by atoms with Gasteiger partial charge in [0.2, 0.25) is 0 Å². The van der Waals surface area contributed by atoms with Crippen LogP contribution < -0.4 is 10.2 Å². The molecule has 0 radical (unpaired) electrons. The molecule has 23 heavy (non-hydrogen) atoms. The summed E-state index contributed by atoms with van der Waals surface area (Å²) in [5.74, 6) is 0.685. The molecular weight excluding hydrogens is 288 g/mol. The zero-order valence-electron chi connectivity index (χ0n) is 13.4. The van der Waals surface area contributed by atoms with Crippen molar-refractivity contribution in [3.05, 3.63) is 64.7 Å². The highest BCUT2D eigenvalue weighted by atomic mass is 16.5. The van der Waals surface area contributed by atoms with E-state index in [-0.39, 0.29) is 5.91 Å². The number of amides is 1. The third-order valence-corrected chi connectivity index (χ3v) is 4.17. The fourth-order valence-electron chi connectivity index (χ4n) is 2.89. The van der Waals surface area contributed by atoms with E-state index in [9.17, 15) is 4.79 Å². The molecule has 0 atom stereocenters. The minimum Gasteiger partial charge on any atom is -0.497 e. The molecule has 0 saturated heterocycles. The van der Waals surface area contributed by atoms with E-state index < -0.39 is 0 Å². The molecule has 118 valence electrons. The number of carbonyl (C=O) groups is 1. The van der Waals surface area contributed by atoms with Gasteiger partial charge < -0.3 is 4.74 Å². The largest absolute Gasteiger partial charge is 0.497 e. The summed E-state index contributed by atoms with van der Waals surface area (Å²) in [4.78, 5) is 12.3. The maximum atomic E-state index is 12.3. The van der Waals surface area contributed by atoms with E-state index in [1.807, 2.05) is 49.4 Å². The summed E-state index contributed by atoms with van der Waals surface area (Å²) in [6.07, 6.45) is 2.91. The molecule has 0 spiro atoms.